The first-order chi connectivity index (χ1) is 9.11. The van der Waals surface area contributed by atoms with E-state index in [1.165, 1.54) is 12.8 Å². The lowest BCUT2D eigenvalue weighted by Crippen LogP contribution is -2.06. The van der Waals surface area contributed by atoms with E-state index in [1.807, 2.05) is 12.1 Å². The highest BCUT2D eigenvalue weighted by Crippen LogP contribution is 2.41. The Balaban J connectivity index is 2.06. The Morgan fingerprint density at radius 3 is 2.95 bits per heavy atom. The van der Waals surface area contributed by atoms with Gasteiger partial charge in [-0.1, -0.05) is 27.5 Å². The van der Waals surface area contributed by atoms with Crippen molar-refractivity contribution in [3.05, 3.63) is 27.2 Å². The molecule has 1 fully saturated rings. The molecule has 2 nitrogen and oxygen atoms in total. The van der Waals surface area contributed by atoms with Gasteiger partial charge in [-0.05, 0) is 53.7 Å². The van der Waals surface area contributed by atoms with Gasteiger partial charge in [-0.2, -0.15) is 0 Å². The maximum absolute atomic E-state index is 6.12. The molecule has 0 bridgehead atoms. The smallest absolute Gasteiger partial charge is 0.137 e. The topological polar surface area (TPSA) is 18.5 Å². The lowest BCUT2D eigenvalue weighted by atomic mass is 10.0. The molecule has 2 unspecified atom stereocenters. The molecule has 2 rings (SSSR count). The van der Waals surface area contributed by atoms with E-state index in [9.17, 15) is 0 Å². The van der Waals surface area contributed by atoms with E-state index in [1.54, 1.807) is 7.11 Å². The predicted octanol–water partition coefficient (Wildman–Crippen LogP) is 5.51. The molecular formula is C14H17Br2ClO2. The van der Waals surface area contributed by atoms with Crippen LogP contribution in [-0.4, -0.2) is 19.8 Å². The van der Waals surface area contributed by atoms with Gasteiger partial charge in [0.25, 0.3) is 0 Å². The van der Waals surface area contributed by atoms with Crippen molar-refractivity contribution in [3.8, 4) is 5.75 Å². The molecule has 0 saturated carbocycles. The van der Waals surface area contributed by atoms with Crippen LogP contribution in [0.15, 0.2) is 16.6 Å². The van der Waals surface area contributed by atoms with Gasteiger partial charge < -0.3 is 9.47 Å². The minimum atomic E-state index is 0.224. The fourth-order valence-corrected chi connectivity index (χ4v) is 3.99. The largest absolute Gasteiger partial charge is 0.495 e. The van der Waals surface area contributed by atoms with Crippen molar-refractivity contribution < 1.29 is 9.47 Å². The summed E-state index contributed by atoms with van der Waals surface area (Å²) < 4.78 is 12.0. The number of alkyl halides is 1. The van der Waals surface area contributed by atoms with E-state index in [0.717, 1.165) is 35.2 Å². The van der Waals surface area contributed by atoms with Crippen LogP contribution in [0.2, 0.25) is 5.02 Å². The Morgan fingerprint density at radius 1 is 1.53 bits per heavy atom. The van der Waals surface area contributed by atoms with Gasteiger partial charge in [0.15, 0.2) is 0 Å². The lowest BCUT2D eigenvalue weighted by molar-refractivity contribution is 0.102. The van der Waals surface area contributed by atoms with Crippen molar-refractivity contribution in [2.24, 2.45) is 0 Å². The number of ether oxygens (including phenoxy) is 2. The highest BCUT2D eigenvalue weighted by molar-refractivity contribution is 9.10. The maximum Gasteiger partial charge on any atom is 0.137 e. The third-order valence-corrected chi connectivity index (χ3v) is 5.10. The van der Waals surface area contributed by atoms with Crippen molar-refractivity contribution in [2.75, 3.05) is 13.7 Å². The van der Waals surface area contributed by atoms with E-state index in [2.05, 4.69) is 31.9 Å². The summed E-state index contributed by atoms with van der Waals surface area (Å²) in [6.07, 6.45) is 4.84. The van der Waals surface area contributed by atoms with Crippen molar-refractivity contribution in [3.63, 3.8) is 0 Å². The average Bonchev–Trinajstić information content (AvgIpc) is 2.88. The second kappa shape index (κ2) is 7.30. The van der Waals surface area contributed by atoms with Crippen LogP contribution in [0.4, 0.5) is 0 Å². The first kappa shape index (κ1) is 15.6. The quantitative estimate of drug-likeness (QED) is 0.594. The number of hydrogen-bond donors (Lipinski definition) is 0. The summed E-state index contributed by atoms with van der Waals surface area (Å²) in [7, 11) is 1.68. The minimum absolute atomic E-state index is 0.224. The van der Waals surface area contributed by atoms with Gasteiger partial charge in [0, 0.05) is 22.0 Å². The second-order valence-electron chi connectivity index (χ2n) is 4.69. The van der Waals surface area contributed by atoms with E-state index in [0.29, 0.717) is 11.1 Å². The van der Waals surface area contributed by atoms with Crippen LogP contribution >= 0.6 is 43.5 Å². The second-order valence-corrected chi connectivity index (χ2v) is 7.09. The Labute approximate surface area is 136 Å². The van der Waals surface area contributed by atoms with Crippen molar-refractivity contribution >= 4 is 43.5 Å². The van der Waals surface area contributed by atoms with Crippen LogP contribution in [0.3, 0.4) is 0 Å². The molecule has 1 aromatic carbocycles. The molecule has 5 heteroatoms. The summed E-state index contributed by atoms with van der Waals surface area (Å²) in [5.41, 5.74) is 1.08. The lowest BCUT2D eigenvalue weighted by Gasteiger charge is -2.17. The summed E-state index contributed by atoms with van der Waals surface area (Å²) in [5.74, 6) is 0.846. The summed E-state index contributed by atoms with van der Waals surface area (Å²) in [4.78, 5) is 0.224. The summed E-state index contributed by atoms with van der Waals surface area (Å²) in [5, 5.41) is 0.712. The Kier molecular flexibility index (Phi) is 6.00. The van der Waals surface area contributed by atoms with Crippen molar-refractivity contribution in [1.29, 1.82) is 0 Å². The standard InChI is InChI=1S/C14H17Br2ClO2/c1-18-14-11(7-9(17)8-13(14)16)12(15)5-4-10-3-2-6-19-10/h7-8,10,12H,2-6H2,1H3. The number of benzene rings is 1. The van der Waals surface area contributed by atoms with Gasteiger partial charge in [0.1, 0.15) is 5.75 Å². The first-order valence-electron chi connectivity index (χ1n) is 6.40. The molecule has 1 saturated heterocycles. The fourth-order valence-electron chi connectivity index (χ4n) is 2.39. The predicted molar refractivity (Wildman–Crippen MR) is 85.6 cm³/mol. The Hall–Kier alpha value is 0.230. The normalized spacial score (nSPS) is 20.5. The van der Waals surface area contributed by atoms with Gasteiger partial charge in [-0.15, -0.1) is 0 Å². The molecule has 0 amide bonds. The summed E-state index contributed by atoms with van der Waals surface area (Å²) >= 11 is 13.3. The van der Waals surface area contributed by atoms with Gasteiger partial charge in [0.2, 0.25) is 0 Å². The fraction of sp³-hybridized carbons (Fsp3) is 0.571. The molecule has 2 atom stereocenters. The number of methoxy groups -OCH3 is 1. The van der Waals surface area contributed by atoms with Crippen molar-refractivity contribution in [1.82, 2.24) is 0 Å². The maximum atomic E-state index is 6.12. The molecule has 1 aromatic rings. The number of rotatable bonds is 5. The monoisotopic (exact) mass is 410 g/mol. The molecule has 1 aliphatic rings. The molecule has 106 valence electrons. The molecule has 1 heterocycles. The Morgan fingerprint density at radius 2 is 2.32 bits per heavy atom. The molecule has 0 spiro atoms. The Bertz CT molecular complexity index is 434. The van der Waals surface area contributed by atoms with Crippen LogP contribution in [-0.2, 0) is 4.74 Å². The number of hydrogen-bond acceptors (Lipinski definition) is 2. The van der Waals surface area contributed by atoms with E-state index in [-0.39, 0.29) is 4.83 Å². The molecular weight excluding hydrogens is 395 g/mol. The first-order valence-corrected chi connectivity index (χ1v) is 8.49. The SMILES string of the molecule is COc1c(Br)cc(Cl)cc1C(Br)CCC1CCCO1. The van der Waals surface area contributed by atoms with Gasteiger partial charge in [0.05, 0.1) is 17.7 Å². The van der Waals surface area contributed by atoms with Gasteiger partial charge >= 0.3 is 0 Å². The average molecular weight is 413 g/mol. The molecule has 0 N–H and O–H groups in total. The molecule has 0 aliphatic carbocycles. The van der Waals surface area contributed by atoms with Crippen LogP contribution in [0, 0.1) is 0 Å². The van der Waals surface area contributed by atoms with Gasteiger partial charge in [-0.25, -0.2) is 0 Å². The van der Waals surface area contributed by atoms with Gasteiger partial charge in [-0.3, -0.25) is 0 Å². The zero-order valence-electron chi connectivity index (χ0n) is 10.8. The summed E-state index contributed by atoms with van der Waals surface area (Å²) in [6, 6.07) is 3.81. The number of halogens is 3. The zero-order chi connectivity index (χ0) is 13.8. The molecule has 1 aliphatic heterocycles. The minimum Gasteiger partial charge on any atom is -0.495 e. The highest BCUT2D eigenvalue weighted by Gasteiger charge is 2.20. The third kappa shape index (κ3) is 4.10. The molecule has 19 heavy (non-hydrogen) atoms. The van der Waals surface area contributed by atoms with E-state index < -0.39 is 0 Å². The third-order valence-electron chi connectivity index (χ3n) is 3.34. The zero-order valence-corrected chi connectivity index (χ0v) is 14.7. The van der Waals surface area contributed by atoms with E-state index in [4.69, 9.17) is 21.1 Å². The highest BCUT2D eigenvalue weighted by atomic mass is 79.9. The van der Waals surface area contributed by atoms with Crippen LogP contribution in [0.5, 0.6) is 5.75 Å². The molecule has 0 radical (unpaired) electrons. The summed E-state index contributed by atoms with van der Waals surface area (Å²) in [6.45, 7) is 0.906. The van der Waals surface area contributed by atoms with E-state index >= 15 is 0 Å². The van der Waals surface area contributed by atoms with Crippen LogP contribution in [0.1, 0.15) is 36.1 Å². The van der Waals surface area contributed by atoms with Crippen LogP contribution in [0.25, 0.3) is 0 Å². The molecule has 0 aromatic heterocycles. The van der Waals surface area contributed by atoms with Crippen LogP contribution < -0.4 is 4.74 Å². The van der Waals surface area contributed by atoms with Crippen molar-refractivity contribution in [2.45, 2.75) is 36.6 Å².